The Balaban J connectivity index is 2.09. The lowest BCUT2D eigenvalue weighted by atomic mass is 9.86. The maximum Gasteiger partial charge on any atom is 0.134 e. The lowest BCUT2D eigenvalue weighted by Crippen LogP contribution is -2.26. The van der Waals surface area contributed by atoms with Crippen LogP contribution in [0.15, 0.2) is 28.7 Å². The van der Waals surface area contributed by atoms with Crippen molar-refractivity contribution in [3.05, 3.63) is 35.6 Å². The quantitative estimate of drug-likeness (QED) is 0.885. The lowest BCUT2D eigenvalue weighted by Gasteiger charge is -2.25. The van der Waals surface area contributed by atoms with E-state index in [0.29, 0.717) is 0 Å². The molecule has 0 radical (unpaired) electrons. The van der Waals surface area contributed by atoms with Crippen molar-refractivity contribution in [1.82, 2.24) is 0 Å². The first kappa shape index (κ1) is 13.2. The SMILES string of the molecule is Cc1ccc2oc(CCC(O)C(C)(C)C)cc2c1. The van der Waals surface area contributed by atoms with Crippen LogP contribution in [0.1, 0.15) is 38.5 Å². The summed E-state index contributed by atoms with van der Waals surface area (Å²) >= 11 is 0. The molecule has 0 saturated carbocycles. The third kappa shape index (κ3) is 2.94. The summed E-state index contributed by atoms with van der Waals surface area (Å²) in [6.07, 6.45) is 1.22. The van der Waals surface area contributed by atoms with Gasteiger partial charge in [-0.15, -0.1) is 0 Å². The predicted molar refractivity (Wildman–Crippen MR) is 74.7 cm³/mol. The van der Waals surface area contributed by atoms with Crippen molar-refractivity contribution < 1.29 is 9.52 Å². The topological polar surface area (TPSA) is 33.4 Å². The van der Waals surface area contributed by atoms with E-state index in [0.717, 1.165) is 29.6 Å². The van der Waals surface area contributed by atoms with Crippen molar-refractivity contribution in [2.75, 3.05) is 0 Å². The molecule has 2 rings (SSSR count). The van der Waals surface area contributed by atoms with E-state index in [4.69, 9.17) is 4.42 Å². The first-order chi connectivity index (χ1) is 8.36. The minimum absolute atomic E-state index is 0.0669. The molecule has 0 aliphatic carbocycles. The molecule has 0 saturated heterocycles. The molecule has 0 bridgehead atoms. The normalized spacial score (nSPS) is 14.1. The molecular formula is C16H22O2. The first-order valence-corrected chi connectivity index (χ1v) is 6.53. The van der Waals surface area contributed by atoms with E-state index < -0.39 is 0 Å². The van der Waals surface area contributed by atoms with Gasteiger partial charge in [-0.05, 0) is 37.0 Å². The number of furan rings is 1. The summed E-state index contributed by atoms with van der Waals surface area (Å²) in [6, 6.07) is 8.27. The molecule has 2 heteroatoms. The Labute approximate surface area is 109 Å². The number of fused-ring (bicyclic) bond motifs is 1. The van der Waals surface area contributed by atoms with Gasteiger partial charge >= 0.3 is 0 Å². The molecule has 1 heterocycles. The second-order valence-corrected chi connectivity index (χ2v) is 6.17. The Hall–Kier alpha value is -1.28. The number of aliphatic hydroxyl groups is 1. The molecule has 98 valence electrons. The van der Waals surface area contributed by atoms with Crippen LogP contribution in [0, 0.1) is 12.3 Å². The second-order valence-electron chi connectivity index (χ2n) is 6.17. The summed E-state index contributed by atoms with van der Waals surface area (Å²) in [6.45, 7) is 8.24. The van der Waals surface area contributed by atoms with E-state index in [-0.39, 0.29) is 11.5 Å². The van der Waals surface area contributed by atoms with Gasteiger partial charge in [-0.25, -0.2) is 0 Å². The molecule has 2 nitrogen and oxygen atoms in total. The Bertz CT molecular complexity index is 532. The summed E-state index contributed by atoms with van der Waals surface area (Å²) in [7, 11) is 0. The van der Waals surface area contributed by atoms with Gasteiger partial charge in [0, 0.05) is 11.8 Å². The van der Waals surface area contributed by atoms with Crippen LogP contribution in [0.3, 0.4) is 0 Å². The zero-order valence-corrected chi connectivity index (χ0v) is 11.7. The van der Waals surface area contributed by atoms with E-state index in [1.54, 1.807) is 0 Å². The molecule has 2 aromatic rings. The van der Waals surface area contributed by atoms with Crippen LogP contribution in [-0.4, -0.2) is 11.2 Å². The molecule has 0 aliphatic rings. The third-order valence-corrected chi connectivity index (χ3v) is 3.39. The van der Waals surface area contributed by atoms with Crippen molar-refractivity contribution in [2.24, 2.45) is 5.41 Å². The molecule has 1 N–H and O–H groups in total. The van der Waals surface area contributed by atoms with Gasteiger partial charge < -0.3 is 9.52 Å². The van der Waals surface area contributed by atoms with E-state index in [9.17, 15) is 5.11 Å². The summed E-state index contributed by atoms with van der Waals surface area (Å²) in [5.74, 6) is 0.957. The van der Waals surface area contributed by atoms with Crippen LogP contribution in [0.5, 0.6) is 0 Å². The minimum Gasteiger partial charge on any atom is -0.461 e. The molecule has 1 atom stereocenters. The van der Waals surface area contributed by atoms with Gasteiger partial charge in [0.1, 0.15) is 11.3 Å². The average Bonchev–Trinajstić information content (AvgIpc) is 2.66. The fraction of sp³-hybridized carbons (Fsp3) is 0.500. The monoisotopic (exact) mass is 246 g/mol. The fourth-order valence-corrected chi connectivity index (χ4v) is 2.05. The van der Waals surface area contributed by atoms with E-state index in [1.807, 2.05) is 6.07 Å². The third-order valence-electron chi connectivity index (χ3n) is 3.39. The highest BCUT2D eigenvalue weighted by atomic mass is 16.3. The smallest absolute Gasteiger partial charge is 0.134 e. The Morgan fingerprint density at radius 3 is 2.61 bits per heavy atom. The van der Waals surface area contributed by atoms with Gasteiger partial charge in [0.25, 0.3) is 0 Å². The average molecular weight is 246 g/mol. The van der Waals surface area contributed by atoms with Crippen molar-refractivity contribution in [1.29, 1.82) is 0 Å². The Morgan fingerprint density at radius 1 is 1.22 bits per heavy atom. The van der Waals surface area contributed by atoms with Gasteiger partial charge in [-0.1, -0.05) is 32.4 Å². The number of aryl methyl sites for hydroxylation is 2. The minimum atomic E-state index is -0.299. The number of benzene rings is 1. The molecule has 1 aromatic heterocycles. The number of hydrogen-bond donors (Lipinski definition) is 1. The largest absolute Gasteiger partial charge is 0.461 e. The zero-order valence-electron chi connectivity index (χ0n) is 11.7. The first-order valence-electron chi connectivity index (χ1n) is 6.53. The molecule has 1 unspecified atom stereocenters. The lowest BCUT2D eigenvalue weighted by molar-refractivity contribution is 0.0549. The molecule has 18 heavy (non-hydrogen) atoms. The van der Waals surface area contributed by atoms with Crippen LogP contribution < -0.4 is 0 Å². The van der Waals surface area contributed by atoms with Crippen LogP contribution in [0.25, 0.3) is 11.0 Å². The van der Waals surface area contributed by atoms with Gasteiger partial charge in [0.2, 0.25) is 0 Å². The van der Waals surface area contributed by atoms with Gasteiger partial charge in [0.05, 0.1) is 6.10 Å². The molecule has 0 aliphatic heterocycles. The molecule has 0 amide bonds. The van der Waals surface area contributed by atoms with Gasteiger partial charge in [0.15, 0.2) is 0 Å². The van der Waals surface area contributed by atoms with E-state index in [2.05, 4.69) is 45.9 Å². The van der Waals surface area contributed by atoms with Crippen molar-refractivity contribution in [2.45, 2.75) is 46.6 Å². The highest BCUT2D eigenvalue weighted by molar-refractivity contribution is 5.78. The number of hydrogen-bond acceptors (Lipinski definition) is 2. The highest BCUT2D eigenvalue weighted by Crippen LogP contribution is 2.25. The van der Waals surface area contributed by atoms with Gasteiger partial charge in [-0.3, -0.25) is 0 Å². The predicted octanol–water partition coefficient (Wildman–Crippen LogP) is 4.08. The maximum atomic E-state index is 10.0. The van der Waals surface area contributed by atoms with Crippen molar-refractivity contribution in [3.8, 4) is 0 Å². The molecule has 0 spiro atoms. The fourth-order valence-electron chi connectivity index (χ4n) is 2.05. The summed E-state index contributed by atoms with van der Waals surface area (Å²) < 4.78 is 5.77. The van der Waals surface area contributed by atoms with E-state index in [1.165, 1.54) is 5.56 Å². The number of rotatable bonds is 3. The van der Waals surface area contributed by atoms with Gasteiger partial charge in [-0.2, -0.15) is 0 Å². The molecular weight excluding hydrogens is 224 g/mol. The van der Waals surface area contributed by atoms with Crippen LogP contribution in [-0.2, 0) is 6.42 Å². The summed E-state index contributed by atoms with van der Waals surface area (Å²) in [5.41, 5.74) is 2.10. The van der Waals surface area contributed by atoms with Crippen LogP contribution in [0.4, 0.5) is 0 Å². The maximum absolute atomic E-state index is 10.0. The number of aliphatic hydroxyl groups excluding tert-OH is 1. The van der Waals surface area contributed by atoms with Crippen molar-refractivity contribution in [3.63, 3.8) is 0 Å². The Kier molecular flexibility index (Phi) is 3.49. The van der Waals surface area contributed by atoms with Crippen molar-refractivity contribution >= 4 is 11.0 Å². The van der Waals surface area contributed by atoms with Crippen LogP contribution in [0.2, 0.25) is 0 Å². The Morgan fingerprint density at radius 2 is 1.94 bits per heavy atom. The molecule has 0 fully saturated rings. The van der Waals surface area contributed by atoms with Crippen LogP contribution >= 0.6 is 0 Å². The standard InChI is InChI=1S/C16H22O2/c1-11-5-7-14-12(9-11)10-13(18-14)6-8-15(17)16(2,3)4/h5,7,9-10,15,17H,6,8H2,1-4H3. The van der Waals surface area contributed by atoms with E-state index >= 15 is 0 Å². The highest BCUT2D eigenvalue weighted by Gasteiger charge is 2.22. The zero-order chi connectivity index (χ0) is 13.3. The summed E-state index contributed by atoms with van der Waals surface area (Å²) in [5, 5.41) is 11.2. The summed E-state index contributed by atoms with van der Waals surface area (Å²) in [4.78, 5) is 0. The molecule has 1 aromatic carbocycles. The second kappa shape index (κ2) is 4.77.